The number of rotatable bonds is 8. The van der Waals surface area contributed by atoms with E-state index < -0.39 is 0 Å². The molecule has 5 heteroatoms. The second kappa shape index (κ2) is 7.96. The van der Waals surface area contributed by atoms with Crippen LogP contribution in [0.1, 0.15) is 25.7 Å². The number of methoxy groups -OCH3 is 2. The average molecular weight is 284 g/mol. The predicted molar refractivity (Wildman–Crippen MR) is 77.6 cm³/mol. The smallest absolute Gasteiger partial charge is 0.240 e. The van der Waals surface area contributed by atoms with Crippen molar-refractivity contribution in [2.75, 3.05) is 47.1 Å². The van der Waals surface area contributed by atoms with Gasteiger partial charge < -0.3 is 19.7 Å². The number of hydrogen-bond acceptors (Lipinski definition) is 4. The van der Waals surface area contributed by atoms with Crippen molar-refractivity contribution in [3.63, 3.8) is 0 Å². The Morgan fingerprint density at radius 2 is 2.00 bits per heavy atom. The molecule has 0 spiro atoms. The van der Waals surface area contributed by atoms with Crippen LogP contribution in [0.25, 0.3) is 0 Å². The molecule has 1 N–H and O–H groups in total. The van der Waals surface area contributed by atoms with E-state index in [0.29, 0.717) is 31.6 Å². The second-order valence-electron chi connectivity index (χ2n) is 5.91. The zero-order valence-corrected chi connectivity index (χ0v) is 12.8. The van der Waals surface area contributed by atoms with Crippen molar-refractivity contribution in [2.24, 2.45) is 11.8 Å². The lowest BCUT2D eigenvalue weighted by Gasteiger charge is -2.28. The van der Waals surface area contributed by atoms with Gasteiger partial charge in [0.2, 0.25) is 5.91 Å². The molecule has 0 aromatic carbocycles. The predicted octanol–water partition coefficient (Wildman–Crippen LogP) is 0.886. The van der Waals surface area contributed by atoms with Crippen LogP contribution in [-0.2, 0) is 14.3 Å². The summed E-state index contributed by atoms with van der Waals surface area (Å²) in [5, 5.41) is 3.44. The maximum atomic E-state index is 12.8. The molecule has 2 rings (SSSR count). The standard InChI is InChI=1S/C15H28N2O3/c1-19-9-4-7-17(8-10-20-2)15(18)14-13-6-3-5-12(13)11-16-14/h12-14,16H,3-11H2,1-2H3. The summed E-state index contributed by atoms with van der Waals surface area (Å²) < 4.78 is 10.2. The molecule has 1 heterocycles. The molecule has 5 nitrogen and oxygen atoms in total. The number of ether oxygens (including phenoxy) is 2. The van der Waals surface area contributed by atoms with Gasteiger partial charge in [-0.3, -0.25) is 4.79 Å². The maximum Gasteiger partial charge on any atom is 0.240 e. The van der Waals surface area contributed by atoms with Crippen LogP contribution in [0.15, 0.2) is 0 Å². The lowest BCUT2D eigenvalue weighted by atomic mass is 9.93. The molecule has 2 fully saturated rings. The minimum absolute atomic E-state index is 0.0295. The van der Waals surface area contributed by atoms with Crippen molar-refractivity contribution < 1.29 is 14.3 Å². The van der Waals surface area contributed by atoms with Gasteiger partial charge in [-0.15, -0.1) is 0 Å². The highest BCUT2D eigenvalue weighted by Gasteiger charge is 2.43. The molecule has 0 bridgehead atoms. The number of nitrogens with zero attached hydrogens (tertiary/aromatic N) is 1. The van der Waals surface area contributed by atoms with Crippen LogP contribution in [0, 0.1) is 11.8 Å². The first-order chi connectivity index (χ1) is 9.77. The summed E-state index contributed by atoms with van der Waals surface area (Å²) in [6, 6.07) is 0.0295. The summed E-state index contributed by atoms with van der Waals surface area (Å²) in [5.41, 5.74) is 0. The van der Waals surface area contributed by atoms with E-state index in [1.165, 1.54) is 19.3 Å². The van der Waals surface area contributed by atoms with E-state index in [-0.39, 0.29) is 11.9 Å². The van der Waals surface area contributed by atoms with Gasteiger partial charge in [-0.25, -0.2) is 0 Å². The Morgan fingerprint density at radius 3 is 2.75 bits per heavy atom. The Balaban J connectivity index is 1.90. The van der Waals surface area contributed by atoms with Gasteiger partial charge in [0, 0.05) is 33.9 Å². The number of fused-ring (bicyclic) bond motifs is 1. The van der Waals surface area contributed by atoms with Gasteiger partial charge >= 0.3 is 0 Å². The van der Waals surface area contributed by atoms with E-state index in [1.807, 2.05) is 4.90 Å². The fourth-order valence-electron chi connectivity index (χ4n) is 3.59. The minimum atomic E-state index is 0.0295. The molecule has 3 atom stereocenters. The Hall–Kier alpha value is -0.650. The SMILES string of the molecule is COCCCN(CCOC)C(=O)C1NCC2CCCC21. The van der Waals surface area contributed by atoms with Crippen molar-refractivity contribution in [1.82, 2.24) is 10.2 Å². The Labute approximate surface area is 122 Å². The fraction of sp³-hybridized carbons (Fsp3) is 0.933. The van der Waals surface area contributed by atoms with E-state index in [4.69, 9.17) is 9.47 Å². The molecule has 3 unspecified atom stereocenters. The summed E-state index contributed by atoms with van der Waals surface area (Å²) in [6.45, 7) is 3.73. The molecule has 116 valence electrons. The second-order valence-corrected chi connectivity index (χ2v) is 5.91. The summed E-state index contributed by atoms with van der Waals surface area (Å²) in [6.07, 6.45) is 4.64. The van der Waals surface area contributed by atoms with Gasteiger partial charge in [-0.1, -0.05) is 6.42 Å². The van der Waals surface area contributed by atoms with Crippen LogP contribution in [0.4, 0.5) is 0 Å². The molecule has 1 saturated heterocycles. The number of carbonyl (C=O) groups excluding carboxylic acids is 1. The van der Waals surface area contributed by atoms with E-state index in [2.05, 4.69) is 5.32 Å². The third kappa shape index (κ3) is 3.71. The first-order valence-corrected chi connectivity index (χ1v) is 7.78. The monoisotopic (exact) mass is 284 g/mol. The van der Waals surface area contributed by atoms with E-state index in [1.54, 1.807) is 14.2 Å². The van der Waals surface area contributed by atoms with E-state index >= 15 is 0 Å². The number of nitrogens with one attached hydrogen (secondary N) is 1. The van der Waals surface area contributed by atoms with Gasteiger partial charge in [0.1, 0.15) is 0 Å². The van der Waals surface area contributed by atoms with Crippen LogP contribution < -0.4 is 5.32 Å². The normalized spacial score (nSPS) is 28.6. The maximum absolute atomic E-state index is 12.8. The van der Waals surface area contributed by atoms with Crippen molar-refractivity contribution in [3.05, 3.63) is 0 Å². The third-order valence-corrected chi connectivity index (χ3v) is 4.67. The van der Waals surface area contributed by atoms with E-state index in [9.17, 15) is 4.79 Å². The average Bonchev–Trinajstić information content (AvgIpc) is 3.04. The number of carbonyl (C=O) groups is 1. The van der Waals surface area contributed by atoms with Crippen molar-refractivity contribution in [1.29, 1.82) is 0 Å². The summed E-state index contributed by atoms with van der Waals surface area (Å²) in [5.74, 6) is 1.52. The fourth-order valence-corrected chi connectivity index (χ4v) is 3.59. The highest BCUT2D eigenvalue weighted by atomic mass is 16.5. The molecule has 0 aromatic heterocycles. The number of amides is 1. The largest absolute Gasteiger partial charge is 0.385 e. The molecule has 1 aliphatic carbocycles. The zero-order valence-electron chi connectivity index (χ0n) is 12.8. The first kappa shape index (κ1) is 15.7. The molecule has 1 amide bonds. The first-order valence-electron chi connectivity index (χ1n) is 7.78. The van der Waals surface area contributed by atoms with Gasteiger partial charge in [0.25, 0.3) is 0 Å². The van der Waals surface area contributed by atoms with Gasteiger partial charge in [-0.2, -0.15) is 0 Å². The van der Waals surface area contributed by atoms with Crippen molar-refractivity contribution in [3.8, 4) is 0 Å². The molecule has 0 aromatic rings. The minimum Gasteiger partial charge on any atom is -0.385 e. The van der Waals surface area contributed by atoms with Crippen LogP contribution in [0.3, 0.4) is 0 Å². The van der Waals surface area contributed by atoms with Crippen molar-refractivity contribution >= 4 is 5.91 Å². The van der Waals surface area contributed by atoms with Crippen molar-refractivity contribution in [2.45, 2.75) is 31.7 Å². The molecule has 0 radical (unpaired) electrons. The summed E-state index contributed by atoms with van der Waals surface area (Å²) in [7, 11) is 3.38. The summed E-state index contributed by atoms with van der Waals surface area (Å²) >= 11 is 0. The highest BCUT2D eigenvalue weighted by molar-refractivity contribution is 5.82. The van der Waals surface area contributed by atoms with Gasteiger partial charge in [-0.05, 0) is 37.6 Å². The Morgan fingerprint density at radius 1 is 1.20 bits per heavy atom. The quantitative estimate of drug-likeness (QED) is 0.673. The highest BCUT2D eigenvalue weighted by Crippen LogP contribution is 2.38. The van der Waals surface area contributed by atoms with E-state index in [0.717, 1.165) is 19.5 Å². The summed E-state index contributed by atoms with van der Waals surface area (Å²) in [4.78, 5) is 14.7. The molecule has 1 aliphatic heterocycles. The van der Waals surface area contributed by atoms with Crippen LogP contribution in [0.5, 0.6) is 0 Å². The third-order valence-electron chi connectivity index (χ3n) is 4.67. The molecule has 1 saturated carbocycles. The van der Waals surface area contributed by atoms with Gasteiger partial charge in [0.05, 0.1) is 12.6 Å². The van der Waals surface area contributed by atoms with Gasteiger partial charge in [0.15, 0.2) is 0 Å². The lowest BCUT2D eigenvalue weighted by molar-refractivity contribution is -0.135. The number of hydrogen-bond donors (Lipinski definition) is 1. The topological polar surface area (TPSA) is 50.8 Å². The Bertz CT molecular complexity index is 311. The van der Waals surface area contributed by atoms with Crippen LogP contribution >= 0.6 is 0 Å². The molecule has 2 aliphatic rings. The molecular formula is C15H28N2O3. The molecule has 20 heavy (non-hydrogen) atoms. The zero-order chi connectivity index (χ0) is 14.4. The Kier molecular flexibility index (Phi) is 6.26. The van der Waals surface area contributed by atoms with Crippen LogP contribution in [-0.4, -0.2) is 63.9 Å². The molecular weight excluding hydrogens is 256 g/mol. The van der Waals surface area contributed by atoms with Crippen LogP contribution in [0.2, 0.25) is 0 Å². The lowest BCUT2D eigenvalue weighted by Crippen LogP contribution is -2.48.